The summed E-state index contributed by atoms with van der Waals surface area (Å²) in [6.07, 6.45) is 0.824. The fraction of sp³-hybridized carbons (Fsp3) is 0.458. The zero-order valence-electron chi connectivity index (χ0n) is 18.8. The molecule has 1 aliphatic rings. The predicted octanol–water partition coefficient (Wildman–Crippen LogP) is 3.33. The van der Waals surface area contributed by atoms with Crippen LogP contribution in [-0.2, 0) is 24.3 Å². The number of nitrogens with one attached hydrogen (secondary N) is 1. The van der Waals surface area contributed by atoms with Crippen LogP contribution >= 0.6 is 0 Å². The maximum atomic E-state index is 12.1. The average Bonchev–Trinajstić information content (AvgIpc) is 3.08. The zero-order valence-corrected chi connectivity index (χ0v) is 18.8. The number of ether oxygens (including phenoxy) is 1. The van der Waals surface area contributed by atoms with Crippen molar-refractivity contribution in [3.8, 4) is 5.75 Å². The van der Waals surface area contributed by atoms with Crippen LogP contribution in [-0.4, -0.2) is 45.8 Å². The van der Waals surface area contributed by atoms with Crippen LogP contribution < -0.4 is 10.1 Å². The van der Waals surface area contributed by atoms with Crippen molar-refractivity contribution in [3.63, 3.8) is 0 Å². The quantitative estimate of drug-likeness (QED) is 0.661. The summed E-state index contributed by atoms with van der Waals surface area (Å²) in [6.45, 7) is 9.16. The molecule has 1 aromatic heterocycles. The average molecular weight is 422 g/mol. The van der Waals surface area contributed by atoms with E-state index in [2.05, 4.69) is 61.4 Å². The highest BCUT2D eigenvalue weighted by Gasteiger charge is 2.24. The van der Waals surface area contributed by atoms with E-state index in [1.165, 1.54) is 16.3 Å². The molecular weight excluding hydrogens is 390 g/mol. The van der Waals surface area contributed by atoms with Gasteiger partial charge in [0.05, 0.1) is 13.2 Å². The van der Waals surface area contributed by atoms with Crippen LogP contribution in [0.3, 0.4) is 0 Å². The van der Waals surface area contributed by atoms with Crippen molar-refractivity contribution < 1.29 is 9.53 Å². The van der Waals surface area contributed by atoms with Gasteiger partial charge in [-0.2, -0.15) is 0 Å². The molecule has 3 aromatic rings. The van der Waals surface area contributed by atoms with E-state index in [9.17, 15) is 4.79 Å². The topological polar surface area (TPSA) is 72.3 Å². The summed E-state index contributed by atoms with van der Waals surface area (Å²) in [7, 11) is 1.73. The van der Waals surface area contributed by atoms with Crippen molar-refractivity contribution in [1.82, 2.24) is 25.0 Å². The minimum atomic E-state index is -0.166. The van der Waals surface area contributed by atoms with Crippen LogP contribution in [0.5, 0.6) is 5.75 Å². The molecule has 7 nitrogen and oxygen atoms in total. The number of hydrogen-bond acceptors (Lipinski definition) is 5. The molecule has 2 heterocycles. The first-order valence-corrected chi connectivity index (χ1v) is 11.0. The molecule has 2 aromatic carbocycles. The molecule has 1 amide bonds. The van der Waals surface area contributed by atoms with Gasteiger partial charge in [-0.25, -0.2) is 0 Å². The summed E-state index contributed by atoms with van der Waals surface area (Å²) in [4.78, 5) is 14.6. The number of nitrogens with zero attached hydrogens (tertiary/aromatic N) is 4. The molecule has 1 aliphatic heterocycles. The highest BCUT2D eigenvalue weighted by molar-refractivity contribution is 5.87. The van der Waals surface area contributed by atoms with Crippen molar-refractivity contribution in [3.05, 3.63) is 53.6 Å². The van der Waals surface area contributed by atoms with E-state index in [4.69, 9.17) is 4.74 Å². The number of methoxy groups -OCH3 is 1. The Morgan fingerprint density at radius 3 is 2.68 bits per heavy atom. The Labute approximate surface area is 183 Å². The van der Waals surface area contributed by atoms with Crippen molar-refractivity contribution in [2.75, 3.05) is 20.2 Å². The second-order valence-electron chi connectivity index (χ2n) is 8.50. The summed E-state index contributed by atoms with van der Waals surface area (Å²) in [6, 6.07) is 12.5. The van der Waals surface area contributed by atoms with Gasteiger partial charge in [-0.05, 0) is 23.8 Å². The molecule has 4 rings (SSSR count). The smallest absolute Gasteiger partial charge is 0.223 e. The minimum Gasteiger partial charge on any atom is -0.496 e. The van der Waals surface area contributed by atoms with E-state index < -0.39 is 0 Å². The monoisotopic (exact) mass is 421 g/mol. The minimum absolute atomic E-state index is 0.0307. The number of benzene rings is 2. The SMILES string of the molecule is COc1ccc2ccccc2c1CN1CCc2nnc([C@@H](C)NC(=O)C(C)C)n2CC1. The highest BCUT2D eigenvalue weighted by Crippen LogP contribution is 2.29. The Morgan fingerprint density at radius 1 is 1.10 bits per heavy atom. The van der Waals surface area contributed by atoms with E-state index in [-0.39, 0.29) is 17.9 Å². The number of carbonyl (C=O) groups is 1. The van der Waals surface area contributed by atoms with Gasteiger partial charge in [0.25, 0.3) is 0 Å². The molecule has 0 bridgehead atoms. The Kier molecular flexibility index (Phi) is 6.23. The van der Waals surface area contributed by atoms with Gasteiger partial charge in [-0.3, -0.25) is 9.69 Å². The molecule has 0 spiro atoms. The van der Waals surface area contributed by atoms with Crippen molar-refractivity contribution in [2.24, 2.45) is 5.92 Å². The molecule has 1 N–H and O–H groups in total. The van der Waals surface area contributed by atoms with E-state index in [1.807, 2.05) is 20.8 Å². The lowest BCUT2D eigenvalue weighted by molar-refractivity contribution is -0.124. The first kappa shape index (κ1) is 21.3. The maximum Gasteiger partial charge on any atom is 0.223 e. The number of aromatic nitrogens is 3. The Morgan fingerprint density at radius 2 is 1.90 bits per heavy atom. The molecule has 0 saturated heterocycles. The normalized spacial score (nSPS) is 15.5. The van der Waals surface area contributed by atoms with Gasteiger partial charge in [0.15, 0.2) is 5.82 Å². The molecular formula is C24H31N5O2. The number of rotatable bonds is 6. The fourth-order valence-electron chi connectivity index (χ4n) is 4.21. The van der Waals surface area contributed by atoms with Crippen molar-refractivity contribution in [1.29, 1.82) is 0 Å². The van der Waals surface area contributed by atoms with Gasteiger partial charge in [0.2, 0.25) is 5.91 Å². The summed E-state index contributed by atoms with van der Waals surface area (Å²) in [5, 5.41) is 14.3. The largest absolute Gasteiger partial charge is 0.496 e. The Balaban J connectivity index is 1.52. The molecule has 0 fully saturated rings. The lowest BCUT2D eigenvalue weighted by Gasteiger charge is -2.22. The maximum absolute atomic E-state index is 12.1. The van der Waals surface area contributed by atoms with Crippen LogP contribution in [0.1, 0.15) is 44.0 Å². The molecule has 0 radical (unpaired) electrons. The van der Waals surface area contributed by atoms with Crippen molar-refractivity contribution in [2.45, 2.75) is 46.3 Å². The molecule has 31 heavy (non-hydrogen) atoms. The second-order valence-corrected chi connectivity index (χ2v) is 8.50. The zero-order chi connectivity index (χ0) is 22.0. The lowest BCUT2D eigenvalue weighted by atomic mass is 10.0. The van der Waals surface area contributed by atoms with Gasteiger partial charge in [-0.15, -0.1) is 10.2 Å². The van der Waals surface area contributed by atoms with Gasteiger partial charge in [0, 0.05) is 44.1 Å². The summed E-state index contributed by atoms with van der Waals surface area (Å²) in [5.74, 6) is 2.71. The van der Waals surface area contributed by atoms with Gasteiger partial charge < -0.3 is 14.6 Å². The third-order valence-corrected chi connectivity index (χ3v) is 6.02. The summed E-state index contributed by atoms with van der Waals surface area (Å²) in [5.41, 5.74) is 1.22. The summed E-state index contributed by atoms with van der Waals surface area (Å²) < 4.78 is 7.86. The molecule has 0 saturated carbocycles. The molecule has 1 atom stereocenters. The fourth-order valence-corrected chi connectivity index (χ4v) is 4.21. The standard InChI is InChI=1S/C24H31N5O2/c1-16(2)24(30)25-17(3)23-27-26-22-11-12-28(13-14-29(22)23)15-20-19-8-6-5-7-18(19)9-10-21(20)31-4/h5-10,16-17H,11-15H2,1-4H3,(H,25,30)/t17-/m1/s1. The van der Waals surface area contributed by atoms with Gasteiger partial charge in [-0.1, -0.05) is 44.2 Å². The molecule has 0 unspecified atom stereocenters. The van der Waals surface area contributed by atoms with E-state index in [1.54, 1.807) is 7.11 Å². The van der Waals surface area contributed by atoms with Crippen LogP contribution in [0.15, 0.2) is 36.4 Å². The molecule has 0 aliphatic carbocycles. The Bertz CT molecular complexity index is 1080. The molecule has 7 heteroatoms. The van der Waals surface area contributed by atoms with E-state index >= 15 is 0 Å². The lowest BCUT2D eigenvalue weighted by Crippen LogP contribution is -2.32. The van der Waals surface area contributed by atoms with Crippen molar-refractivity contribution >= 4 is 16.7 Å². The number of hydrogen-bond donors (Lipinski definition) is 1. The van der Waals surface area contributed by atoms with Crippen LogP contribution in [0.4, 0.5) is 0 Å². The summed E-state index contributed by atoms with van der Waals surface area (Å²) >= 11 is 0. The number of fused-ring (bicyclic) bond motifs is 2. The predicted molar refractivity (Wildman–Crippen MR) is 121 cm³/mol. The number of carbonyl (C=O) groups excluding carboxylic acids is 1. The van der Waals surface area contributed by atoms with Gasteiger partial charge >= 0.3 is 0 Å². The first-order chi connectivity index (χ1) is 15.0. The van der Waals surface area contributed by atoms with Crippen LogP contribution in [0, 0.1) is 5.92 Å². The van der Waals surface area contributed by atoms with Crippen LogP contribution in [0.2, 0.25) is 0 Å². The van der Waals surface area contributed by atoms with E-state index in [0.29, 0.717) is 0 Å². The van der Waals surface area contributed by atoms with Gasteiger partial charge in [0.1, 0.15) is 11.6 Å². The third kappa shape index (κ3) is 4.42. The first-order valence-electron chi connectivity index (χ1n) is 11.0. The van der Waals surface area contributed by atoms with E-state index in [0.717, 1.165) is 50.0 Å². The molecule has 164 valence electrons. The Hall–Kier alpha value is -2.93. The third-order valence-electron chi connectivity index (χ3n) is 6.02. The second kappa shape index (κ2) is 9.06. The van der Waals surface area contributed by atoms with Crippen LogP contribution in [0.25, 0.3) is 10.8 Å². The highest BCUT2D eigenvalue weighted by atomic mass is 16.5. The number of amides is 1.